The highest BCUT2D eigenvalue weighted by atomic mass is 19.1. The molecule has 0 unspecified atom stereocenters. The number of halogens is 1. The Labute approximate surface area is 164 Å². The van der Waals surface area contributed by atoms with E-state index in [1.807, 2.05) is 0 Å². The first kappa shape index (κ1) is 17.3. The van der Waals surface area contributed by atoms with Crippen LogP contribution in [0.15, 0.2) is 53.3 Å². The smallest absolute Gasteiger partial charge is 0.280 e. The van der Waals surface area contributed by atoms with Gasteiger partial charge >= 0.3 is 0 Å². The molecule has 5 rings (SSSR count). The number of aromatic amines is 2. The molecule has 0 atom stereocenters. The Morgan fingerprint density at radius 2 is 1.90 bits per heavy atom. The van der Waals surface area contributed by atoms with Crippen molar-refractivity contribution in [1.82, 2.24) is 25.1 Å². The Bertz CT molecular complexity index is 1310. The number of amides is 1. The van der Waals surface area contributed by atoms with Crippen molar-refractivity contribution in [2.45, 2.75) is 13.0 Å². The summed E-state index contributed by atoms with van der Waals surface area (Å²) in [5, 5.41) is 7.22. The van der Waals surface area contributed by atoms with Crippen molar-refractivity contribution in [3.63, 3.8) is 0 Å². The van der Waals surface area contributed by atoms with E-state index in [9.17, 15) is 14.0 Å². The number of hydrogen-bond acceptors (Lipinski definition) is 4. The summed E-state index contributed by atoms with van der Waals surface area (Å²) >= 11 is 0. The van der Waals surface area contributed by atoms with Crippen LogP contribution in [0.4, 0.5) is 4.39 Å². The van der Waals surface area contributed by atoms with E-state index in [-0.39, 0.29) is 18.1 Å². The van der Waals surface area contributed by atoms with Gasteiger partial charge < -0.3 is 9.88 Å². The Morgan fingerprint density at radius 3 is 2.76 bits per heavy atom. The second-order valence-electron chi connectivity index (χ2n) is 6.92. The highest BCUT2D eigenvalue weighted by Gasteiger charge is 2.29. The van der Waals surface area contributed by atoms with Gasteiger partial charge in [0.25, 0.3) is 11.5 Å². The van der Waals surface area contributed by atoms with E-state index in [2.05, 4.69) is 20.2 Å². The van der Waals surface area contributed by atoms with Gasteiger partial charge in [0.1, 0.15) is 11.5 Å². The lowest BCUT2D eigenvalue weighted by Crippen LogP contribution is -2.39. The minimum Gasteiger partial charge on any atom is -0.332 e. The maximum absolute atomic E-state index is 14.3. The minimum absolute atomic E-state index is 0.150. The fourth-order valence-electron chi connectivity index (χ4n) is 3.67. The fraction of sp³-hybridized carbons (Fsp3) is 0.143. The highest BCUT2D eigenvalue weighted by Crippen LogP contribution is 2.30. The van der Waals surface area contributed by atoms with E-state index < -0.39 is 11.5 Å². The molecule has 2 aromatic heterocycles. The third-order valence-electron chi connectivity index (χ3n) is 5.15. The molecule has 0 saturated heterocycles. The second-order valence-corrected chi connectivity index (χ2v) is 6.92. The first-order valence-electron chi connectivity index (χ1n) is 9.21. The topological polar surface area (TPSA) is 94.7 Å². The van der Waals surface area contributed by atoms with Crippen LogP contribution in [0.3, 0.4) is 0 Å². The lowest BCUT2D eigenvalue weighted by Gasteiger charge is -2.26. The third-order valence-corrected chi connectivity index (χ3v) is 5.15. The van der Waals surface area contributed by atoms with Crippen molar-refractivity contribution in [3.05, 3.63) is 81.7 Å². The van der Waals surface area contributed by atoms with Gasteiger partial charge in [-0.25, -0.2) is 9.37 Å². The largest absolute Gasteiger partial charge is 0.332 e. The van der Waals surface area contributed by atoms with E-state index in [1.165, 1.54) is 6.07 Å². The molecule has 1 aliphatic rings. The summed E-state index contributed by atoms with van der Waals surface area (Å²) < 4.78 is 14.3. The van der Waals surface area contributed by atoms with Crippen LogP contribution in [0.2, 0.25) is 0 Å². The fourth-order valence-corrected chi connectivity index (χ4v) is 3.67. The number of carbonyl (C=O) groups excluding carboxylic acids is 1. The molecule has 0 spiro atoms. The van der Waals surface area contributed by atoms with Gasteiger partial charge in [0.15, 0.2) is 5.69 Å². The van der Waals surface area contributed by atoms with Gasteiger partial charge in [0.2, 0.25) is 0 Å². The summed E-state index contributed by atoms with van der Waals surface area (Å²) in [6, 6.07) is 13.4. The normalized spacial score (nSPS) is 13.5. The molecule has 144 valence electrons. The molecule has 2 aromatic carbocycles. The minimum atomic E-state index is -0.527. The molecule has 2 N–H and O–H groups in total. The van der Waals surface area contributed by atoms with E-state index in [0.717, 1.165) is 11.3 Å². The number of H-pyrrole nitrogens is 2. The monoisotopic (exact) mass is 389 g/mol. The molecule has 0 bridgehead atoms. The zero-order chi connectivity index (χ0) is 20.0. The molecule has 1 aliphatic heterocycles. The summed E-state index contributed by atoms with van der Waals surface area (Å²) in [6.07, 6.45) is 0.536. The van der Waals surface area contributed by atoms with Crippen LogP contribution in [0, 0.1) is 5.82 Å². The van der Waals surface area contributed by atoms with Crippen molar-refractivity contribution in [2.75, 3.05) is 6.54 Å². The summed E-state index contributed by atoms with van der Waals surface area (Å²) in [5.74, 6) is -0.832. The van der Waals surface area contributed by atoms with Crippen molar-refractivity contribution in [2.24, 2.45) is 0 Å². The zero-order valence-electron chi connectivity index (χ0n) is 15.3. The molecule has 4 aromatic rings. The maximum Gasteiger partial charge on any atom is 0.280 e. The Kier molecular flexibility index (Phi) is 3.97. The number of nitrogens with one attached hydrogen (secondary N) is 2. The zero-order valence-corrected chi connectivity index (χ0v) is 15.3. The molecule has 0 aliphatic carbocycles. The molecule has 0 radical (unpaired) electrons. The van der Waals surface area contributed by atoms with E-state index >= 15 is 0 Å². The van der Waals surface area contributed by atoms with Crippen molar-refractivity contribution >= 4 is 16.9 Å². The van der Waals surface area contributed by atoms with Gasteiger partial charge in [-0.1, -0.05) is 24.3 Å². The van der Waals surface area contributed by atoms with E-state index in [1.54, 1.807) is 47.4 Å². The standard InChI is InChI=1S/C21H16FN5O2/c22-14-6-2-1-5-12(14)18-13-11-27(10-9-15(13)25-26-18)21(29)19-20(28)24-17-8-4-3-7-16(17)23-19/h1-8H,9-11H2,(H,24,28)(H,25,26). The first-order chi connectivity index (χ1) is 14.1. The summed E-state index contributed by atoms with van der Waals surface area (Å²) in [5.41, 5.74) is 2.93. The van der Waals surface area contributed by atoms with Gasteiger partial charge in [0.05, 0.1) is 17.6 Å². The van der Waals surface area contributed by atoms with Crippen molar-refractivity contribution in [3.8, 4) is 11.3 Å². The maximum atomic E-state index is 14.3. The highest BCUT2D eigenvalue weighted by molar-refractivity contribution is 5.94. The molecule has 0 saturated carbocycles. The summed E-state index contributed by atoms with van der Waals surface area (Å²) in [4.78, 5) is 34.0. The Hall–Kier alpha value is -3.81. The van der Waals surface area contributed by atoms with Crippen LogP contribution >= 0.6 is 0 Å². The van der Waals surface area contributed by atoms with Gasteiger partial charge in [-0.05, 0) is 24.3 Å². The molecule has 3 heterocycles. The summed E-state index contributed by atoms with van der Waals surface area (Å²) in [6.45, 7) is 0.640. The molecule has 0 fully saturated rings. The molecule has 8 heteroatoms. The predicted molar refractivity (Wildman–Crippen MR) is 105 cm³/mol. The van der Waals surface area contributed by atoms with Gasteiger partial charge in [-0.15, -0.1) is 0 Å². The van der Waals surface area contributed by atoms with Crippen LogP contribution in [-0.2, 0) is 13.0 Å². The van der Waals surface area contributed by atoms with Crippen LogP contribution in [0.1, 0.15) is 21.7 Å². The van der Waals surface area contributed by atoms with E-state index in [4.69, 9.17) is 0 Å². The van der Waals surface area contributed by atoms with Crippen LogP contribution < -0.4 is 5.56 Å². The number of nitrogens with zero attached hydrogens (tertiary/aromatic N) is 3. The Balaban J connectivity index is 1.51. The number of carbonyl (C=O) groups is 1. The average molecular weight is 389 g/mol. The SMILES string of the molecule is O=C(c1nc2ccccc2[nH]c1=O)N1CCc2[nH]nc(-c3ccccc3F)c2C1. The lowest BCUT2D eigenvalue weighted by molar-refractivity contribution is 0.0727. The predicted octanol–water partition coefficient (Wildman–Crippen LogP) is 2.65. The quantitative estimate of drug-likeness (QED) is 0.551. The first-order valence-corrected chi connectivity index (χ1v) is 9.21. The van der Waals surface area contributed by atoms with E-state index in [0.29, 0.717) is 35.3 Å². The van der Waals surface area contributed by atoms with Gasteiger partial charge in [-0.2, -0.15) is 5.10 Å². The number of aromatic nitrogens is 4. The third kappa shape index (κ3) is 2.89. The number of benzene rings is 2. The van der Waals surface area contributed by atoms with Gasteiger partial charge in [0, 0.05) is 29.8 Å². The van der Waals surface area contributed by atoms with Crippen LogP contribution in [0.25, 0.3) is 22.3 Å². The molecule has 1 amide bonds. The van der Waals surface area contributed by atoms with Crippen molar-refractivity contribution in [1.29, 1.82) is 0 Å². The molecule has 29 heavy (non-hydrogen) atoms. The van der Waals surface area contributed by atoms with Gasteiger partial charge in [-0.3, -0.25) is 14.7 Å². The number of rotatable bonds is 2. The molecule has 7 nitrogen and oxygen atoms in total. The van der Waals surface area contributed by atoms with Crippen LogP contribution in [-0.4, -0.2) is 37.5 Å². The van der Waals surface area contributed by atoms with Crippen LogP contribution in [0.5, 0.6) is 0 Å². The lowest BCUT2D eigenvalue weighted by atomic mass is 10.0. The number of hydrogen-bond donors (Lipinski definition) is 2. The molecular formula is C21H16FN5O2. The number of fused-ring (bicyclic) bond motifs is 2. The number of para-hydroxylation sites is 2. The van der Waals surface area contributed by atoms with Crippen molar-refractivity contribution < 1.29 is 9.18 Å². The Morgan fingerprint density at radius 1 is 1.10 bits per heavy atom. The average Bonchev–Trinajstić information content (AvgIpc) is 3.16. The second kappa shape index (κ2) is 6.66. The summed E-state index contributed by atoms with van der Waals surface area (Å²) in [7, 11) is 0. The molecular weight excluding hydrogens is 373 g/mol.